The van der Waals surface area contributed by atoms with Crippen molar-refractivity contribution in [1.82, 2.24) is 10.6 Å². The number of carbonyl (C=O) groups excluding carboxylic acids is 2. The normalized spacial score (nSPS) is 19.0. The monoisotopic (exact) mass is 490 g/mol. The molecule has 7 heteroatoms. The standard InChI is InChI=1S/C16H23NO5.C12H23N/c1-11(18)13(14(19)22-16(2,3)4)17-15(20)21-10-12-8-6-5-7-9-12;1-3-7-11(8-4-1)13-12-9-5-2-6-10-12/h5-9,11,13,18H,10H2,1-4H3,(H,17,20);11-13H,1-10H2/t11-,13+;/m1./s1. The van der Waals surface area contributed by atoms with E-state index in [0.717, 1.165) is 17.6 Å². The van der Waals surface area contributed by atoms with E-state index in [2.05, 4.69) is 10.6 Å². The van der Waals surface area contributed by atoms with Crippen LogP contribution >= 0.6 is 0 Å². The second-order valence-electron chi connectivity index (χ2n) is 10.8. The van der Waals surface area contributed by atoms with Crippen molar-refractivity contribution in [1.29, 1.82) is 0 Å². The molecule has 7 nitrogen and oxygen atoms in total. The molecule has 0 heterocycles. The Morgan fingerprint density at radius 3 is 1.91 bits per heavy atom. The van der Waals surface area contributed by atoms with Crippen molar-refractivity contribution < 1.29 is 24.2 Å². The number of ether oxygens (including phenoxy) is 2. The van der Waals surface area contributed by atoms with Gasteiger partial charge in [-0.2, -0.15) is 0 Å². The first-order chi connectivity index (χ1) is 16.6. The van der Waals surface area contributed by atoms with Crippen LogP contribution in [0.1, 0.15) is 97.5 Å². The lowest BCUT2D eigenvalue weighted by atomic mass is 9.91. The summed E-state index contributed by atoms with van der Waals surface area (Å²) in [6, 6.07) is 9.71. The number of aliphatic hydroxyl groups excluding tert-OH is 1. The second-order valence-corrected chi connectivity index (χ2v) is 10.8. The minimum Gasteiger partial charge on any atom is -0.458 e. The Morgan fingerprint density at radius 2 is 1.46 bits per heavy atom. The van der Waals surface area contributed by atoms with E-state index in [9.17, 15) is 14.7 Å². The first kappa shape index (κ1) is 29.1. The topological polar surface area (TPSA) is 96.9 Å². The van der Waals surface area contributed by atoms with E-state index >= 15 is 0 Å². The van der Waals surface area contributed by atoms with Gasteiger partial charge in [0.15, 0.2) is 6.04 Å². The molecule has 0 bridgehead atoms. The lowest BCUT2D eigenvalue weighted by molar-refractivity contribution is -0.160. The Morgan fingerprint density at radius 1 is 0.943 bits per heavy atom. The van der Waals surface area contributed by atoms with Crippen molar-refractivity contribution >= 4 is 12.1 Å². The van der Waals surface area contributed by atoms with Gasteiger partial charge in [0.25, 0.3) is 0 Å². The molecule has 0 radical (unpaired) electrons. The predicted molar refractivity (Wildman–Crippen MR) is 138 cm³/mol. The molecule has 0 aliphatic heterocycles. The largest absolute Gasteiger partial charge is 0.458 e. The number of hydrogen-bond acceptors (Lipinski definition) is 6. The highest BCUT2D eigenvalue weighted by Gasteiger charge is 2.30. The summed E-state index contributed by atoms with van der Waals surface area (Å²) in [5.74, 6) is -0.709. The van der Waals surface area contributed by atoms with E-state index < -0.39 is 29.8 Å². The van der Waals surface area contributed by atoms with E-state index in [0.29, 0.717) is 0 Å². The third-order valence-electron chi connectivity index (χ3n) is 6.31. The van der Waals surface area contributed by atoms with Crippen molar-refractivity contribution in [3.8, 4) is 0 Å². The molecular formula is C28H46N2O5. The zero-order valence-corrected chi connectivity index (χ0v) is 22.1. The van der Waals surface area contributed by atoms with Crippen LogP contribution in [0.5, 0.6) is 0 Å². The molecule has 0 unspecified atom stereocenters. The van der Waals surface area contributed by atoms with Crippen LogP contribution in [0, 0.1) is 0 Å². The number of aliphatic hydroxyl groups is 1. The molecule has 1 amide bonds. The number of esters is 1. The van der Waals surface area contributed by atoms with E-state index in [1.165, 1.54) is 71.1 Å². The van der Waals surface area contributed by atoms with E-state index in [1.807, 2.05) is 30.3 Å². The molecule has 0 spiro atoms. The third kappa shape index (κ3) is 12.4. The predicted octanol–water partition coefficient (Wildman–Crippen LogP) is 5.25. The number of amides is 1. The number of hydrogen-bond donors (Lipinski definition) is 3. The summed E-state index contributed by atoms with van der Waals surface area (Å²) in [6.45, 7) is 6.59. The maximum atomic E-state index is 12.0. The highest BCUT2D eigenvalue weighted by atomic mass is 16.6. The summed E-state index contributed by atoms with van der Waals surface area (Å²) in [5, 5.41) is 15.8. The molecule has 198 valence electrons. The van der Waals surface area contributed by atoms with Gasteiger partial charge in [0.2, 0.25) is 0 Å². The molecule has 2 atom stereocenters. The summed E-state index contributed by atoms with van der Waals surface area (Å²) >= 11 is 0. The van der Waals surface area contributed by atoms with Gasteiger partial charge >= 0.3 is 12.1 Å². The van der Waals surface area contributed by atoms with Crippen LogP contribution in [-0.4, -0.2) is 47.0 Å². The first-order valence-electron chi connectivity index (χ1n) is 13.3. The summed E-state index contributed by atoms with van der Waals surface area (Å²) in [7, 11) is 0. The first-order valence-corrected chi connectivity index (χ1v) is 13.3. The molecular weight excluding hydrogens is 444 g/mol. The van der Waals surface area contributed by atoms with Crippen molar-refractivity contribution in [3.05, 3.63) is 35.9 Å². The molecule has 1 aromatic carbocycles. The zero-order chi connectivity index (χ0) is 25.7. The van der Waals surface area contributed by atoms with Gasteiger partial charge in [0, 0.05) is 12.1 Å². The van der Waals surface area contributed by atoms with Crippen molar-refractivity contribution in [2.45, 2.75) is 128 Å². The average Bonchev–Trinajstić information content (AvgIpc) is 2.82. The van der Waals surface area contributed by atoms with Gasteiger partial charge < -0.3 is 25.2 Å². The number of nitrogens with one attached hydrogen (secondary N) is 2. The Kier molecular flexibility index (Phi) is 12.6. The number of benzene rings is 1. The van der Waals surface area contributed by atoms with Gasteiger partial charge in [0.05, 0.1) is 6.10 Å². The van der Waals surface area contributed by atoms with Crippen LogP contribution in [-0.2, 0) is 20.9 Å². The van der Waals surface area contributed by atoms with Crippen molar-refractivity contribution in [2.75, 3.05) is 0 Å². The SMILES string of the molecule is C1CCC(NC2CCCCC2)CC1.C[C@@H](O)[C@H](NC(=O)OCc1ccccc1)C(=O)OC(C)(C)C. The fourth-order valence-corrected chi connectivity index (χ4v) is 4.51. The van der Waals surface area contributed by atoms with Gasteiger partial charge in [-0.15, -0.1) is 0 Å². The fourth-order valence-electron chi connectivity index (χ4n) is 4.51. The number of alkyl carbamates (subject to hydrolysis) is 1. The molecule has 2 aliphatic carbocycles. The number of carbonyl (C=O) groups is 2. The summed E-state index contributed by atoms with van der Waals surface area (Å²) < 4.78 is 10.2. The fraction of sp³-hybridized carbons (Fsp3) is 0.714. The van der Waals surface area contributed by atoms with Crippen molar-refractivity contribution in [2.24, 2.45) is 0 Å². The molecule has 2 fully saturated rings. The molecule has 0 aromatic heterocycles. The summed E-state index contributed by atoms with van der Waals surface area (Å²) in [4.78, 5) is 23.7. The molecule has 3 N–H and O–H groups in total. The molecule has 1 aromatic rings. The average molecular weight is 491 g/mol. The van der Waals surface area contributed by atoms with Gasteiger partial charge in [-0.3, -0.25) is 0 Å². The lowest BCUT2D eigenvalue weighted by Crippen LogP contribution is -2.50. The van der Waals surface area contributed by atoms with Crippen molar-refractivity contribution in [3.63, 3.8) is 0 Å². The van der Waals surface area contributed by atoms with Crippen LogP contribution < -0.4 is 10.6 Å². The van der Waals surface area contributed by atoms with Gasteiger partial charge in [-0.25, -0.2) is 9.59 Å². The second kappa shape index (κ2) is 15.1. The van der Waals surface area contributed by atoms with Gasteiger partial charge in [0.1, 0.15) is 12.2 Å². The Bertz CT molecular complexity index is 719. The Balaban J connectivity index is 0.000000279. The van der Waals surface area contributed by atoms with E-state index in [4.69, 9.17) is 9.47 Å². The van der Waals surface area contributed by atoms with Crippen LogP contribution in [0.2, 0.25) is 0 Å². The zero-order valence-electron chi connectivity index (χ0n) is 22.1. The van der Waals surface area contributed by atoms with Gasteiger partial charge in [-0.05, 0) is 58.9 Å². The minimum atomic E-state index is -1.18. The van der Waals surface area contributed by atoms with Crippen LogP contribution in [0.25, 0.3) is 0 Å². The quantitative estimate of drug-likeness (QED) is 0.452. The Hall–Kier alpha value is -2.12. The lowest BCUT2D eigenvalue weighted by Gasteiger charge is -2.30. The van der Waals surface area contributed by atoms with Gasteiger partial charge in [-0.1, -0.05) is 68.9 Å². The third-order valence-corrected chi connectivity index (χ3v) is 6.31. The summed E-state index contributed by atoms with van der Waals surface area (Å²) in [5.41, 5.74) is 0.114. The van der Waals surface area contributed by atoms with E-state index in [-0.39, 0.29) is 6.61 Å². The molecule has 0 saturated heterocycles. The van der Waals surface area contributed by atoms with Crippen LogP contribution in [0.3, 0.4) is 0 Å². The summed E-state index contributed by atoms with van der Waals surface area (Å²) in [6.07, 6.45) is 12.7. The van der Waals surface area contributed by atoms with Crippen LogP contribution in [0.15, 0.2) is 30.3 Å². The highest BCUT2D eigenvalue weighted by Crippen LogP contribution is 2.22. The highest BCUT2D eigenvalue weighted by molar-refractivity contribution is 5.82. The maximum absolute atomic E-state index is 12.0. The van der Waals surface area contributed by atoms with Crippen LogP contribution in [0.4, 0.5) is 4.79 Å². The number of rotatable bonds is 7. The molecule has 2 aliphatic rings. The Labute approximate surface area is 211 Å². The smallest absolute Gasteiger partial charge is 0.408 e. The minimum absolute atomic E-state index is 0.0769. The van der Waals surface area contributed by atoms with E-state index in [1.54, 1.807) is 20.8 Å². The maximum Gasteiger partial charge on any atom is 0.408 e. The molecule has 35 heavy (non-hydrogen) atoms. The molecule has 2 saturated carbocycles. The molecule has 3 rings (SSSR count).